The third-order valence-corrected chi connectivity index (χ3v) is 4.90. The third-order valence-electron chi connectivity index (χ3n) is 4.90. The fraction of sp³-hybridized carbons (Fsp3) is 0.381. The lowest BCUT2D eigenvalue weighted by Crippen LogP contribution is -2.41. The Labute approximate surface area is 154 Å². The van der Waals surface area contributed by atoms with Gasteiger partial charge in [0.2, 0.25) is 5.91 Å². The quantitative estimate of drug-likeness (QED) is 0.867. The van der Waals surface area contributed by atoms with Gasteiger partial charge in [-0.3, -0.25) is 4.79 Å². The zero-order valence-electron chi connectivity index (χ0n) is 15.6. The lowest BCUT2D eigenvalue weighted by molar-refractivity contribution is -0.133. The van der Waals surface area contributed by atoms with E-state index in [9.17, 15) is 4.79 Å². The Morgan fingerprint density at radius 1 is 1.15 bits per heavy atom. The van der Waals surface area contributed by atoms with Gasteiger partial charge >= 0.3 is 0 Å². The largest absolute Gasteiger partial charge is 0.493 e. The highest BCUT2D eigenvalue weighted by atomic mass is 16.5. The van der Waals surface area contributed by atoms with Gasteiger partial charge in [-0.1, -0.05) is 30.3 Å². The molecule has 0 bridgehead atoms. The number of benzene rings is 2. The predicted molar refractivity (Wildman–Crippen MR) is 102 cm³/mol. The molecule has 0 radical (unpaired) electrons. The molecule has 5 heteroatoms. The van der Waals surface area contributed by atoms with Crippen molar-refractivity contribution >= 4 is 5.91 Å². The SMILES string of the molecule is CNCCC(=O)N1CCc2cc(OC)c(OC)cc2C1c1ccccc1. The van der Waals surface area contributed by atoms with Gasteiger partial charge in [-0.05, 0) is 42.3 Å². The molecule has 0 aliphatic carbocycles. The van der Waals surface area contributed by atoms with E-state index < -0.39 is 0 Å². The molecule has 2 aromatic rings. The van der Waals surface area contributed by atoms with E-state index in [2.05, 4.69) is 17.4 Å². The fourth-order valence-corrected chi connectivity index (χ4v) is 3.58. The van der Waals surface area contributed by atoms with Gasteiger partial charge in [-0.15, -0.1) is 0 Å². The van der Waals surface area contributed by atoms with Gasteiger partial charge in [0, 0.05) is 19.5 Å². The number of methoxy groups -OCH3 is 2. The Balaban J connectivity index is 2.07. The van der Waals surface area contributed by atoms with Crippen LogP contribution in [0, 0.1) is 0 Å². The van der Waals surface area contributed by atoms with Crippen molar-refractivity contribution in [3.63, 3.8) is 0 Å². The van der Waals surface area contributed by atoms with Crippen molar-refractivity contribution in [3.05, 3.63) is 59.2 Å². The van der Waals surface area contributed by atoms with E-state index in [0.717, 1.165) is 23.3 Å². The van der Waals surface area contributed by atoms with Crippen molar-refractivity contribution in [1.82, 2.24) is 10.2 Å². The van der Waals surface area contributed by atoms with Crippen molar-refractivity contribution in [2.24, 2.45) is 0 Å². The van der Waals surface area contributed by atoms with E-state index >= 15 is 0 Å². The number of nitrogens with one attached hydrogen (secondary N) is 1. The number of nitrogens with zero attached hydrogens (tertiary/aromatic N) is 1. The van der Waals surface area contributed by atoms with E-state index in [1.807, 2.05) is 42.3 Å². The van der Waals surface area contributed by atoms with E-state index in [0.29, 0.717) is 25.3 Å². The summed E-state index contributed by atoms with van der Waals surface area (Å²) in [6.45, 7) is 1.38. The molecule has 0 fully saturated rings. The number of ether oxygens (including phenoxy) is 2. The molecule has 1 heterocycles. The molecule has 0 saturated carbocycles. The van der Waals surface area contributed by atoms with Crippen LogP contribution >= 0.6 is 0 Å². The summed E-state index contributed by atoms with van der Waals surface area (Å²) in [6.07, 6.45) is 1.30. The van der Waals surface area contributed by atoms with Crippen LogP contribution in [-0.4, -0.2) is 45.2 Å². The molecule has 1 atom stereocenters. The van der Waals surface area contributed by atoms with Crippen LogP contribution in [0.5, 0.6) is 11.5 Å². The Kier molecular flexibility index (Phi) is 5.78. The Hall–Kier alpha value is -2.53. The maximum atomic E-state index is 12.9. The first-order chi connectivity index (χ1) is 12.7. The summed E-state index contributed by atoms with van der Waals surface area (Å²) in [4.78, 5) is 14.8. The molecule has 0 spiro atoms. The van der Waals surface area contributed by atoms with Crippen molar-refractivity contribution in [1.29, 1.82) is 0 Å². The van der Waals surface area contributed by atoms with Crippen LogP contribution in [0.1, 0.15) is 29.2 Å². The molecule has 1 unspecified atom stereocenters. The first-order valence-electron chi connectivity index (χ1n) is 8.93. The number of hydrogen-bond acceptors (Lipinski definition) is 4. The van der Waals surface area contributed by atoms with Crippen LogP contribution in [0.4, 0.5) is 0 Å². The number of hydrogen-bond donors (Lipinski definition) is 1. The van der Waals surface area contributed by atoms with Crippen LogP contribution < -0.4 is 14.8 Å². The van der Waals surface area contributed by atoms with Crippen molar-refractivity contribution in [3.8, 4) is 11.5 Å². The molecule has 1 amide bonds. The lowest BCUT2D eigenvalue weighted by Gasteiger charge is -2.38. The van der Waals surface area contributed by atoms with Crippen molar-refractivity contribution < 1.29 is 14.3 Å². The van der Waals surface area contributed by atoms with Crippen LogP contribution in [0.15, 0.2) is 42.5 Å². The Morgan fingerprint density at radius 3 is 2.50 bits per heavy atom. The second-order valence-corrected chi connectivity index (χ2v) is 6.41. The molecule has 1 aliphatic heterocycles. The summed E-state index contributed by atoms with van der Waals surface area (Å²) in [6, 6.07) is 14.1. The molecule has 3 rings (SSSR count). The Bertz CT molecular complexity index is 761. The number of amides is 1. The zero-order chi connectivity index (χ0) is 18.5. The van der Waals surface area contributed by atoms with Gasteiger partial charge in [0.1, 0.15) is 0 Å². The summed E-state index contributed by atoms with van der Waals surface area (Å²) in [5.74, 6) is 1.58. The first kappa shape index (κ1) is 18.3. The number of fused-ring (bicyclic) bond motifs is 1. The van der Waals surface area contributed by atoms with E-state index in [1.165, 1.54) is 5.56 Å². The monoisotopic (exact) mass is 354 g/mol. The Morgan fingerprint density at radius 2 is 1.85 bits per heavy atom. The van der Waals surface area contributed by atoms with Crippen LogP contribution in [0.25, 0.3) is 0 Å². The van der Waals surface area contributed by atoms with Gasteiger partial charge in [0.05, 0.1) is 20.3 Å². The average molecular weight is 354 g/mol. The van der Waals surface area contributed by atoms with Crippen LogP contribution in [0.3, 0.4) is 0 Å². The molecule has 0 aromatic heterocycles. The fourth-order valence-electron chi connectivity index (χ4n) is 3.58. The lowest BCUT2D eigenvalue weighted by atomic mass is 9.87. The number of rotatable bonds is 6. The second kappa shape index (κ2) is 8.23. The van der Waals surface area contributed by atoms with Gasteiger partial charge in [-0.25, -0.2) is 0 Å². The number of carbonyl (C=O) groups excluding carboxylic acids is 1. The summed E-state index contributed by atoms with van der Waals surface area (Å²) >= 11 is 0. The minimum absolute atomic E-state index is 0.107. The third kappa shape index (κ3) is 3.53. The van der Waals surface area contributed by atoms with Crippen molar-refractivity contribution in [2.75, 3.05) is 34.4 Å². The van der Waals surface area contributed by atoms with E-state index in [1.54, 1.807) is 14.2 Å². The molecule has 138 valence electrons. The highest BCUT2D eigenvalue weighted by molar-refractivity contribution is 5.78. The zero-order valence-corrected chi connectivity index (χ0v) is 15.6. The second-order valence-electron chi connectivity index (χ2n) is 6.41. The predicted octanol–water partition coefficient (Wildman–Crippen LogP) is 2.79. The summed E-state index contributed by atoms with van der Waals surface area (Å²) in [5, 5.41) is 3.06. The minimum Gasteiger partial charge on any atom is -0.493 e. The molecule has 5 nitrogen and oxygen atoms in total. The molecular weight excluding hydrogens is 328 g/mol. The van der Waals surface area contributed by atoms with E-state index in [-0.39, 0.29) is 11.9 Å². The van der Waals surface area contributed by atoms with Gasteiger partial charge < -0.3 is 19.7 Å². The topological polar surface area (TPSA) is 50.8 Å². The highest BCUT2D eigenvalue weighted by Crippen LogP contribution is 2.41. The molecular formula is C21H26N2O3. The molecule has 1 aliphatic rings. The van der Waals surface area contributed by atoms with Crippen LogP contribution in [-0.2, 0) is 11.2 Å². The van der Waals surface area contributed by atoms with Gasteiger partial charge in [-0.2, -0.15) is 0 Å². The normalized spacial score (nSPS) is 16.1. The van der Waals surface area contributed by atoms with Crippen molar-refractivity contribution in [2.45, 2.75) is 18.9 Å². The average Bonchev–Trinajstić information content (AvgIpc) is 2.70. The maximum Gasteiger partial charge on any atom is 0.224 e. The number of carbonyl (C=O) groups is 1. The van der Waals surface area contributed by atoms with E-state index in [4.69, 9.17) is 9.47 Å². The molecule has 26 heavy (non-hydrogen) atoms. The standard InChI is InChI=1S/C21H26N2O3/c1-22-11-9-20(24)23-12-10-16-13-18(25-2)19(26-3)14-17(16)21(23)15-7-5-4-6-8-15/h4-8,13-14,21-22H,9-12H2,1-3H3. The van der Waals surface area contributed by atoms with Gasteiger partial charge in [0.15, 0.2) is 11.5 Å². The maximum absolute atomic E-state index is 12.9. The molecule has 2 aromatic carbocycles. The van der Waals surface area contributed by atoms with Crippen LogP contribution in [0.2, 0.25) is 0 Å². The molecule has 0 saturated heterocycles. The van der Waals surface area contributed by atoms with Gasteiger partial charge in [0.25, 0.3) is 0 Å². The molecule has 1 N–H and O–H groups in total. The summed E-state index contributed by atoms with van der Waals surface area (Å²) in [7, 11) is 5.15. The minimum atomic E-state index is -0.107. The highest BCUT2D eigenvalue weighted by Gasteiger charge is 2.32. The first-order valence-corrected chi connectivity index (χ1v) is 8.93. The summed E-state index contributed by atoms with van der Waals surface area (Å²) < 4.78 is 11.0. The summed E-state index contributed by atoms with van der Waals surface area (Å²) in [5.41, 5.74) is 3.42. The smallest absolute Gasteiger partial charge is 0.224 e.